The number of amides is 4. The highest BCUT2D eigenvalue weighted by atomic mass is 32.1. The second-order valence-corrected chi connectivity index (χ2v) is 12.3. The summed E-state index contributed by atoms with van der Waals surface area (Å²) >= 11 is 2.71. The third kappa shape index (κ3) is 8.67. The predicted molar refractivity (Wildman–Crippen MR) is 166 cm³/mol. The van der Waals surface area contributed by atoms with Gasteiger partial charge in [0.1, 0.15) is 21.7 Å². The number of carbonyl (C=O) groups excluding carboxylic acids is 4. The van der Waals surface area contributed by atoms with E-state index >= 15 is 0 Å². The van der Waals surface area contributed by atoms with Crippen LogP contribution >= 0.6 is 22.7 Å². The molecule has 0 radical (unpaired) electrons. The van der Waals surface area contributed by atoms with E-state index in [-0.39, 0.29) is 48.3 Å². The molecule has 228 valence electrons. The Kier molecular flexibility index (Phi) is 9.91. The second-order valence-electron chi connectivity index (χ2n) is 10.3. The molecule has 4 heterocycles. The largest absolute Gasteiger partial charge is 0.311 e. The van der Waals surface area contributed by atoms with Gasteiger partial charge in [0.15, 0.2) is 0 Å². The van der Waals surface area contributed by atoms with Gasteiger partial charge in [-0.25, -0.2) is 9.97 Å². The quantitative estimate of drug-likeness (QED) is 0.199. The van der Waals surface area contributed by atoms with Crippen molar-refractivity contribution in [2.24, 2.45) is 0 Å². The van der Waals surface area contributed by atoms with Crippen molar-refractivity contribution in [2.45, 2.75) is 64.2 Å². The minimum Gasteiger partial charge on any atom is -0.311 e. The van der Waals surface area contributed by atoms with Crippen molar-refractivity contribution in [3.63, 3.8) is 0 Å². The third-order valence-corrected chi connectivity index (χ3v) is 8.65. The minimum atomic E-state index is -0.277. The fourth-order valence-corrected chi connectivity index (χ4v) is 6.66. The molecule has 4 aromatic rings. The lowest BCUT2D eigenvalue weighted by molar-refractivity contribution is -0.116. The first-order chi connectivity index (χ1) is 21.2. The first-order valence-corrected chi connectivity index (χ1v) is 15.6. The molecule has 4 amide bonds. The van der Waals surface area contributed by atoms with Gasteiger partial charge in [-0.15, -0.1) is 20.4 Å². The molecule has 0 aliphatic heterocycles. The van der Waals surface area contributed by atoms with Crippen molar-refractivity contribution in [1.82, 2.24) is 30.4 Å². The Morgan fingerprint density at radius 1 is 0.682 bits per heavy atom. The van der Waals surface area contributed by atoms with Crippen molar-refractivity contribution in [1.29, 1.82) is 0 Å². The zero-order valence-corrected chi connectivity index (χ0v) is 25.6. The Labute approximate surface area is 260 Å². The van der Waals surface area contributed by atoms with E-state index in [9.17, 15) is 19.2 Å². The molecule has 1 fully saturated rings. The maximum absolute atomic E-state index is 12.6. The van der Waals surface area contributed by atoms with Crippen LogP contribution in [0.4, 0.5) is 21.9 Å². The van der Waals surface area contributed by atoms with Gasteiger partial charge in [-0.3, -0.25) is 19.2 Å². The number of carbonyl (C=O) groups is 4. The molecule has 44 heavy (non-hydrogen) atoms. The molecule has 1 saturated carbocycles. The topological polar surface area (TPSA) is 194 Å². The summed E-state index contributed by atoms with van der Waals surface area (Å²) < 4.78 is 0. The Morgan fingerprint density at radius 3 is 1.57 bits per heavy atom. The molecule has 4 N–H and O–H groups in total. The van der Waals surface area contributed by atoms with Crippen molar-refractivity contribution in [3.05, 3.63) is 57.8 Å². The van der Waals surface area contributed by atoms with Gasteiger partial charge < -0.3 is 21.3 Å². The highest BCUT2D eigenvalue weighted by Gasteiger charge is 2.29. The van der Waals surface area contributed by atoms with Gasteiger partial charge in [0, 0.05) is 25.7 Å². The maximum atomic E-state index is 12.6. The third-order valence-electron chi connectivity index (χ3n) is 6.65. The summed E-state index contributed by atoms with van der Waals surface area (Å²) in [5, 5.41) is 30.4. The molecular formula is C28H30N10O4S2. The fraction of sp³-hybridized carbons (Fsp3) is 0.357. The second kappa shape index (κ2) is 14.2. The van der Waals surface area contributed by atoms with E-state index in [1.54, 1.807) is 36.4 Å². The average molecular weight is 635 g/mol. The molecule has 2 atom stereocenters. The normalized spacial score (nSPS) is 16.1. The van der Waals surface area contributed by atoms with Gasteiger partial charge in [0.05, 0.1) is 24.2 Å². The number of pyridine rings is 2. The summed E-state index contributed by atoms with van der Waals surface area (Å²) in [6, 6.07) is 10.2. The number of rotatable bonds is 10. The van der Waals surface area contributed by atoms with Gasteiger partial charge in [-0.2, -0.15) is 0 Å². The molecular weight excluding hydrogens is 605 g/mol. The predicted octanol–water partition coefficient (Wildman–Crippen LogP) is 3.90. The number of nitrogens with one attached hydrogen (secondary N) is 4. The molecule has 0 spiro atoms. The van der Waals surface area contributed by atoms with Crippen molar-refractivity contribution in [3.8, 4) is 0 Å². The average Bonchev–Trinajstić information content (AvgIpc) is 3.63. The number of aromatic nitrogens is 6. The van der Waals surface area contributed by atoms with E-state index in [4.69, 9.17) is 0 Å². The van der Waals surface area contributed by atoms with E-state index in [0.717, 1.165) is 35.7 Å². The van der Waals surface area contributed by atoms with E-state index in [0.29, 0.717) is 33.3 Å². The van der Waals surface area contributed by atoms with E-state index in [1.165, 1.54) is 36.5 Å². The van der Waals surface area contributed by atoms with Gasteiger partial charge >= 0.3 is 0 Å². The van der Waals surface area contributed by atoms with Crippen LogP contribution in [0.1, 0.15) is 72.8 Å². The van der Waals surface area contributed by atoms with Crippen molar-refractivity contribution >= 4 is 68.2 Å². The molecule has 1 aliphatic rings. The molecule has 5 rings (SSSR count). The summed E-state index contributed by atoms with van der Waals surface area (Å²) in [6.45, 7) is 2.79. The molecule has 4 aromatic heterocycles. The lowest BCUT2D eigenvalue weighted by Gasteiger charge is -2.25. The SMILES string of the molecule is CC(=O)Nc1cccc(CC(=O)Nc2nnc([C@H]3CCC[C@H](c4nnc(NC(=O)Cc5cccc(NC(C)=O)n5)s4)C3)s2)n1. The number of nitrogens with zero attached hydrogens (tertiary/aromatic N) is 6. The summed E-state index contributed by atoms with van der Waals surface area (Å²) in [6.07, 6.45) is 3.75. The zero-order valence-electron chi connectivity index (χ0n) is 24.0. The Bertz CT molecular complexity index is 1550. The van der Waals surface area contributed by atoms with Gasteiger partial charge in [0.25, 0.3) is 0 Å². The first-order valence-electron chi connectivity index (χ1n) is 13.9. The van der Waals surface area contributed by atoms with Crippen molar-refractivity contribution in [2.75, 3.05) is 21.3 Å². The Hall–Kier alpha value is -4.70. The maximum Gasteiger partial charge on any atom is 0.232 e. The number of hydrogen-bond acceptors (Lipinski definition) is 12. The monoisotopic (exact) mass is 634 g/mol. The molecule has 14 nitrogen and oxygen atoms in total. The molecule has 0 saturated heterocycles. The van der Waals surface area contributed by atoms with Crippen LogP contribution in [0.2, 0.25) is 0 Å². The van der Waals surface area contributed by atoms with Crippen LogP contribution in [0.5, 0.6) is 0 Å². The molecule has 0 bridgehead atoms. The summed E-state index contributed by atoms with van der Waals surface area (Å²) in [4.78, 5) is 56.3. The van der Waals surface area contributed by atoms with E-state index in [2.05, 4.69) is 51.6 Å². The zero-order chi connectivity index (χ0) is 31.1. The van der Waals surface area contributed by atoms with Crippen LogP contribution in [-0.2, 0) is 32.0 Å². The van der Waals surface area contributed by atoms with Gasteiger partial charge in [-0.1, -0.05) is 41.2 Å². The van der Waals surface area contributed by atoms with Crippen LogP contribution in [0.3, 0.4) is 0 Å². The number of hydrogen-bond donors (Lipinski definition) is 4. The molecule has 0 aromatic carbocycles. The molecule has 1 aliphatic carbocycles. The summed E-state index contributed by atoms with van der Waals surface area (Å²) in [5.74, 6) is 0.0819. The van der Waals surface area contributed by atoms with E-state index in [1.807, 2.05) is 0 Å². The van der Waals surface area contributed by atoms with Gasteiger partial charge in [-0.05, 0) is 43.5 Å². The summed E-state index contributed by atoms with van der Waals surface area (Å²) in [7, 11) is 0. The number of anilines is 4. The highest BCUT2D eigenvalue weighted by molar-refractivity contribution is 7.15. The van der Waals surface area contributed by atoms with Crippen molar-refractivity contribution < 1.29 is 19.2 Å². The first kappa shape index (κ1) is 30.7. The Balaban J connectivity index is 1.13. The smallest absolute Gasteiger partial charge is 0.232 e. The van der Waals surface area contributed by atoms with Crippen LogP contribution in [0.25, 0.3) is 0 Å². The van der Waals surface area contributed by atoms with Crippen LogP contribution in [0.15, 0.2) is 36.4 Å². The fourth-order valence-electron chi connectivity index (χ4n) is 4.85. The lowest BCUT2D eigenvalue weighted by atomic mass is 9.82. The highest BCUT2D eigenvalue weighted by Crippen LogP contribution is 2.43. The van der Waals surface area contributed by atoms with Gasteiger partial charge in [0.2, 0.25) is 33.9 Å². The summed E-state index contributed by atoms with van der Waals surface area (Å²) in [5.41, 5.74) is 1.04. The van der Waals surface area contributed by atoms with Crippen LogP contribution in [-0.4, -0.2) is 54.0 Å². The molecule has 16 heteroatoms. The van der Waals surface area contributed by atoms with E-state index < -0.39 is 0 Å². The minimum absolute atomic E-state index is 0.0315. The Morgan fingerprint density at radius 2 is 1.14 bits per heavy atom. The van der Waals surface area contributed by atoms with Crippen LogP contribution in [0, 0.1) is 0 Å². The molecule has 0 unspecified atom stereocenters. The standard InChI is InChI=1S/C28H30N10O4S2/c1-15(39)29-21-10-4-8-19(31-21)13-23(41)33-27-37-35-25(43-27)17-6-3-7-18(12-17)26-36-38-28(44-26)34-24(42)14-20-9-5-11-22(32-20)30-16(2)40/h4-5,8-11,17-18H,3,6-7,12-14H2,1-2H3,(H,29,31,39)(H,30,32,40)(H,33,37,41)(H,34,38,42)/t17-,18-/m0/s1. The van der Waals surface area contributed by atoms with Crippen LogP contribution < -0.4 is 21.3 Å². The lowest BCUT2D eigenvalue weighted by Crippen LogP contribution is -2.16.